The molecule has 4 heterocycles. The van der Waals surface area contributed by atoms with Crippen molar-refractivity contribution in [1.82, 2.24) is 9.38 Å². The lowest BCUT2D eigenvalue weighted by Gasteiger charge is -2.23. The molecule has 0 aliphatic carbocycles. The number of carbonyl (C=O) groups is 1. The molecule has 1 unspecified atom stereocenters. The lowest BCUT2D eigenvalue weighted by atomic mass is 10.1. The minimum Gasteiger partial charge on any atom is -0.478 e. The highest BCUT2D eigenvalue weighted by Gasteiger charge is 2.25. The molecule has 5 rings (SSSR count). The van der Waals surface area contributed by atoms with Crippen LogP contribution in [0.3, 0.4) is 0 Å². The van der Waals surface area contributed by atoms with Gasteiger partial charge in [0.05, 0.1) is 17.2 Å². The van der Waals surface area contributed by atoms with E-state index in [1.807, 2.05) is 33.0 Å². The largest absolute Gasteiger partial charge is 0.478 e. The molecule has 1 aromatic carbocycles. The van der Waals surface area contributed by atoms with Gasteiger partial charge in [0.15, 0.2) is 0 Å². The molecule has 0 radical (unpaired) electrons. The molecule has 2 N–H and O–H groups in total. The summed E-state index contributed by atoms with van der Waals surface area (Å²) < 4.78 is 1.61. The first-order valence-electron chi connectivity index (χ1n) is 10.7. The summed E-state index contributed by atoms with van der Waals surface area (Å²) in [6.45, 7) is 7.20. The Hall–Kier alpha value is -3.65. The number of aromatic nitrogens is 2. The van der Waals surface area contributed by atoms with E-state index >= 15 is 0 Å². The number of fused-ring (bicyclic) bond motifs is 2. The average molecular weight is 461 g/mol. The predicted molar refractivity (Wildman–Crippen MR) is 131 cm³/mol. The first-order valence-corrected chi connectivity index (χ1v) is 11.7. The number of aryl methyl sites for hydroxylation is 1. The summed E-state index contributed by atoms with van der Waals surface area (Å²) in [6.07, 6.45) is 1.81. The van der Waals surface area contributed by atoms with Crippen molar-refractivity contribution >= 4 is 34.5 Å². The molecule has 4 aromatic rings. The first-order chi connectivity index (χ1) is 15.8. The number of nitrogens with one attached hydrogen (secondary N) is 1. The second kappa shape index (κ2) is 8.04. The van der Waals surface area contributed by atoms with Crippen LogP contribution >= 0.6 is 11.3 Å². The first kappa shape index (κ1) is 21.2. The van der Waals surface area contributed by atoms with Crippen molar-refractivity contribution in [3.8, 4) is 0 Å². The zero-order valence-electron chi connectivity index (χ0n) is 18.6. The lowest BCUT2D eigenvalue weighted by molar-refractivity contribution is 0.0698. The minimum atomic E-state index is -0.993. The van der Waals surface area contributed by atoms with Gasteiger partial charge in [-0.25, -0.2) is 9.78 Å². The van der Waals surface area contributed by atoms with E-state index in [1.54, 1.807) is 40.0 Å². The quantitative estimate of drug-likeness (QED) is 0.446. The van der Waals surface area contributed by atoms with Crippen molar-refractivity contribution in [3.63, 3.8) is 0 Å². The lowest BCUT2D eigenvalue weighted by Crippen LogP contribution is -2.27. The Balaban J connectivity index is 1.60. The van der Waals surface area contributed by atoms with Crippen molar-refractivity contribution in [1.29, 1.82) is 0 Å². The van der Waals surface area contributed by atoms with E-state index in [4.69, 9.17) is 4.98 Å². The van der Waals surface area contributed by atoms with E-state index in [1.165, 1.54) is 11.1 Å². The molecular weight excluding hydrogens is 436 g/mol. The number of thiophene rings is 1. The van der Waals surface area contributed by atoms with Crippen molar-refractivity contribution < 1.29 is 9.90 Å². The second-order valence-corrected chi connectivity index (χ2v) is 9.27. The van der Waals surface area contributed by atoms with Crippen LogP contribution in [-0.2, 0) is 13.1 Å². The minimum absolute atomic E-state index is 0.0903. The molecule has 8 heteroatoms. The van der Waals surface area contributed by atoms with Gasteiger partial charge in [0.25, 0.3) is 5.56 Å². The Morgan fingerprint density at radius 1 is 1.18 bits per heavy atom. The van der Waals surface area contributed by atoms with Crippen molar-refractivity contribution in [2.45, 2.75) is 39.9 Å². The smallest absolute Gasteiger partial charge is 0.337 e. The van der Waals surface area contributed by atoms with Gasteiger partial charge in [0, 0.05) is 30.5 Å². The van der Waals surface area contributed by atoms with Gasteiger partial charge in [-0.2, -0.15) is 11.3 Å². The van der Waals surface area contributed by atoms with E-state index in [-0.39, 0.29) is 17.2 Å². The Morgan fingerprint density at radius 3 is 2.58 bits per heavy atom. The third kappa shape index (κ3) is 3.66. The molecule has 0 saturated carbocycles. The summed E-state index contributed by atoms with van der Waals surface area (Å²) in [7, 11) is 0. The number of pyridine rings is 1. The number of anilines is 2. The summed E-state index contributed by atoms with van der Waals surface area (Å²) in [4.78, 5) is 32.1. The Bertz CT molecular complexity index is 1440. The van der Waals surface area contributed by atoms with Gasteiger partial charge in [-0.15, -0.1) is 0 Å². The SMILES string of the molecule is Cc1cc(C(C)Nc2ccccc2C(=O)O)c2nc(N3Cc4cscc4C3)c(C)c(=O)n2c1. The maximum absolute atomic E-state index is 13.3. The molecule has 0 spiro atoms. The number of benzene rings is 1. The molecule has 3 aromatic heterocycles. The van der Waals surface area contributed by atoms with Crippen LogP contribution in [-0.4, -0.2) is 20.5 Å². The van der Waals surface area contributed by atoms with E-state index in [2.05, 4.69) is 21.0 Å². The zero-order chi connectivity index (χ0) is 23.3. The van der Waals surface area contributed by atoms with E-state index in [0.717, 1.165) is 24.2 Å². The number of nitrogens with zero attached hydrogens (tertiary/aromatic N) is 3. The fourth-order valence-electron chi connectivity index (χ4n) is 4.46. The molecule has 1 aliphatic rings. The van der Waals surface area contributed by atoms with Gasteiger partial charge >= 0.3 is 5.97 Å². The second-order valence-electron chi connectivity index (χ2n) is 8.53. The Morgan fingerprint density at radius 2 is 1.88 bits per heavy atom. The van der Waals surface area contributed by atoms with Gasteiger partial charge in [-0.3, -0.25) is 9.20 Å². The molecule has 0 saturated heterocycles. The van der Waals surface area contributed by atoms with Gasteiger partial charge in [-0.05, 0) is 66.4 Å². The number of rotatable bonds is 5. The number of carboxylic acids is 1. The zero-order valence-corrected chi connectivity index (χ0v) is 19.4. The third-order valence-electron chi connectivity index (χ3n) is 6.14. The van der Waals surface area contributed by atoms with Crippen LogP contribution in [0.25, 0.3) is 5.65 Å². The summed E-state index contributed by atoms with van der Waals surface area (Å²) >= 11 is 1.70. The third-order valence-corrected chi connectivity index (χ3v) is 6.98. The summed E-state index contributed by atoms with van der Waals surface area (Å²) in [5.41, 5.74) is 6.16. The summed E-state index contributed by atoms with van der Waals surface area (Å²) in [5, 5.41) is 17.2. The fraction of sp³-hybridized carbons (Fsp3) is 0.240. The molecular formula is C25H24N4O3S. The maximum atomic E-state index is 13.3. The molecule has 0 fully saturated rings. The van der Waals surface area contributed by atoms with Gasteiger partial charge in [0.1, 0.15) is 11.5 Å². The monoisotopic (exact) mass is 460 g/mol. The van der Waals surface area contributed by atoms with Gasteiger partial charge in [-0.1, -0.05) is 12.1 Å². The van der Waals surface area contributed by atoms with Crippen LogP contribution in [0.15, 0.2) is 52.1 Å². The van der Waals surface area contributed by atoms with Crippen molar-refractivity contribution in [2.75, 3.05) is 10.2 Å². The highest BCUT2D eigenvalue weighted by Crippen LogP contribution is 2.32. The highest BCUT2D eigenvalue weighted by atomic mass is 32.1. The number of carboxylic acid groups (broad SMARTS) is 1. The predicted octanol–water partition coefficient (Wildman–Crippen LogP) is 4.76. The number of para-hydroxylation sites is 1. The van der Waals surface area contributed by atoms with Crippen molar-refractivity contribution in [2.24, 2.45) is 0 Å². The summed E-state index contributed by atoms with van der Waals surface area (Å²) in [6, 6.07) is 8.54. The molecule has 0 amide bonds. The van der Waals surface area contributed by atoms with Gasteiger partial charge < -0.3 is 15.3 Å². The number of aromatic carboxylic acids is 1. The molecule has 7 nitrogen and oxygen atoms in total. The van der Waals surface area contributed by atoms with E-state index < -0.39 is 5.97 Å². The molecule has 168 valence electrons. The number of hydrogen-bond acceptors (Lipinski definition) is 6. The topological polar surface area (TPSA) is 86.9 Å². The molecule has 1 atom stereocenters. The van der Waals surface area contributed by atoms with Crippen molar-refractivity contribution in [3.05, 3.63) is 91.0 Å². The fourth-order valence-corrected chi connectivity index (χ4v) is 5.31. The van der Waals surface area contributed by atoms with Gasteiger partial charge in [0.2, 0.25) is 0 Å². The summed E-state index contributed by atoms with van der Waals surface area (Å²) in [5.74, 6) is -0.294. The van der Waals surface area contributed by atoms with E-state index in [9.17, 15) is 14.7 Å². The molecule has 33 heavy (non-hydrogen) atoms. The normalized spacial score (nSPS) is 13.8. The number of hydrogen-bond donors (Lipinski definition) is 2. The van der Waals surface area contributed by atoms with Crippen LogP contribution in [0.2, 0.25) is 0 Å². The average Bonchev–Trinajstić information content (AvgIpc) is 3.38. The Kier molecular flexibility index (Phi) is 5.17. The standard InChI is InChI=1S/C25H24N4O3S/c1-14-8-20(16(3)26-21-7-5-4-6-19(21)25(31)32)23-27-22(15(2)24(30)29(23)9-14)28-10-17-12-33-13-18(17)11-28/h4-9,12-13,16,26H,10-11H2,1-3H3,(H,31,32). The van der Waals surface area contributed by atoms with Crippen LogP contribution in [0, 0.1) is 13.8 Å². The highest BCUT2D eigenvalue weighted by molar-refractivity contribution is 7.08. The molecule has 1 aliphatic heterocycles. The van der Waals surface area contributed by atoms with E-state index in [0.29, 0.717) is 22.7 Å². The molecule has 0 bridgehead atoms. The van der Waals surface area contributed by atoms with Crippen LogP contribution in [0.1, 0.15) is 51.1 Å². The van der Waals surface area contributed by atoms with Crippen LogP contribution in [0.4, 0.5) is 11.5 Å². The Labute approximate surface area is 195 Å². The maximum Gasteiger partial charge on any atom is 0.337 e. The van der Waals surface area contributed by atoms with Crippen LogP contribution in [0.5, 0.6) is 0 Å². The van der Waals surface area contributed by atoms with Crippen LogP contribution < -0.4 is 15.8 Å².